The Morgan fingerprint density at radius 1 is 0.574 bits per heavy atom. The lowest BCUT2D eigenvalue weighted by molar-refractivity contribution is -0.299. The third-order valence-electron chi connectivity index (χ3n) is 25.1. The number of carbonyl (C=O) groups is 7. The molecule has 26 atom stereocenters. The molecule has 0 unspecified atom stereocenters. The molecule has 39 heteroatoms. The summed E-state index contributed by atoms with van der Waals surface area (Å²) in [6.07, 6.45) is -9.63. The van der Waals surface area contributed by atoms with Crippen LogP contribution in [0.3, 0.4) is 0 Å². The molecule has 2 amide bonds. The van der Waals surface area contributed by atoms with Crippen LogP contribution in [0.1, 0.15) is 194 Å². The number of aliphatic hydroxyl groups excluding tert-OH is 1. The van der Waals surface area contributed by atoms with E-state index in [9.17, 15) is 48.9 Å². The SMILES string of the molecule is CCC(=O)N=C1[C@H](C)C[C@@]2(C)OC/C(=N/OCc3ccc(-c4nc(N)cs4)cn3)CO[C@H]([C@H]1C)[C@](C)(O)[C@@H](CC)OC(=O)[C@@](C)(F)C(=O)[C@H](C)[C@H]2O[C@@H]1O[C@H](C)C[C@H](N(C)C)[C@H]1O.CCC(=O)N=C1[C@H](C)C[C@@]2(C)OCC(=NOCc3ccc(-c4nc(N)cs4)cn3)CO[C@H]([C@H]1C)[C@](C)(O)[C@@H](CC)OC(=O)[C@@](C)(F)C(=O)[C@H](C)[C@H]2O[C@@H]1O[C@H](C)C[C@H](N(C)C)[C@H]1OC(C)=O. The molecule has 35 nitrogen and oxygen atoms in total. The van der Waals surface area contributed by atoms with Gasteiger partial charge in [0.2, 0.25) is 11.8 Å². The number of aromatic nitrogens is 4. The molecule has 10 heterocycles. The van der Waals surface area contributed by atoms with E-state index in [4.69, 9.17) is 73.2 Å². The van der Waals surface area contributed by atoms with Crippen LogP contribution in [0.2, 0.25) is 0 Å². The summed E-state index contributed by atoms with van der Waals surface area (Å²) in [5.74, 6) is -12.0. The Balaban J connectivity index is 0.000000291. The van der Waals surface area contributed by atoms with Crippen LogP contribution in [0.15, 0.2) is 67.7 Å². The highest BCUT2D eigenvalue weighted by molar-refractivity contribution is 7.13. The molecule has 0 aromatic carbocycles. The number of Topliss-reactive ketones (excluding diaryl/α,β-unsaturated/α-hetero) is 2. The first kappa shape index (κ1) is 105. The van der Waals surface area contributed by atoms with E-state index in [0.29, 0.717) is 57.3 Å². The standard InChI is InChI=1S/C46H67FN6O12S.C44H65FN6O11S/c1-13-33-46(10,58)40-26(5)36(51-35(55)14-2)24(3)18-44(8,60-21-31(20-59-40)52-61-22-30-16-15-29(19-49-30)41-50-34(48)23-66-41)39(27(6)38(56)45(9,47)43(57)64-33)65-42-37(63-28(7)54)32(53(11)12)17-25(4)62-42;1-12-31-44(9,56)38-25(5)34(49-33(52)13-2)23(3)17-42(7,58-20-29(19-57-38)50-59-21-28-15-14-27(18-47-28)39-48-32(46)22-63-39)37(26(6)36(54)43(8,45)41(55)61-31)62-40-35(53)30(51(10)11)16-24(4)60-40/h15-16,19,23-27,32-33,37,39-40,42,58H,13-14,17-18,20-22,48H2,1-12H3;14-15,18,22-26,30-31,35,37-38,40,53,56H,12-13,16-17,19-21,46H2,1-11H3/b;49-34?,50-29+/t24-,25-,26+,27+,32+,33-,37-,39-,40-,42+,44-,45+,46-;23-,24-,25+,26+,30+,31-,35-,37-,38-,40+,42-,43+,44-/m11/s1. The highest BCUT2D eigenvalue weighted by Gasteiger charge is 2.60. The van der Waals surface area contributed by atoms with Gasteiger partial charge in [-0.3, -0.25) is 33.9 Å². The summed E-state index contributed by atoms with van der Waals surface area (Å²) in [4.78, 5) is 138. The number of cyclic esters (lactones) is 2. The molecular weight excluding hydrogens is 1720 g/mol. The molecule has 0 aliphatic carbocycles. The molecule has 6 fully saturated rings. The van der Waals surface area contributed by atoms with E-state index < -0.39 is 196 Å². The van der Waals surface area contributed by atoms with Gasteiger partial charge in [0, 0.05) is 95.2 Å². The summed E-state index contributed by atoms with van der Waals surface area (Å²) in [6.45, 7) is 27.9. The first-order chi connectivity index (χ1) is 60.5. The summed E-state index contributed by atoms with van der Waals surface area (Å²) >= 11 is 2.78. The number of thiazole rings is 2. The normalized spacial score (nSPS) is 36.9. The average Bonchev–Trinajstić information content (AvgIpc) is 1.76. The Bertz CT molecular complexity index is 4650. The molecule has 4 aromatic heterocycles. The molecule has 7 N–H and O–H groups in total. The number of oxime groups is 2. The molecule has 0 spiro atoms. The van der Waals surface area contributed by atoms with Gasteiger partial charge < -0.3 is 98.4 Å². The number of nitrogens with zero attached hydrogens (tertiary/aromatic N) is 10. The van der Waals surface area contributed by atoms with Gasteiger partial charge in [0.25, 0.3) is 11.3 Å². The van der Waals surface area contributed by atoms with Gasteiger partial charge in [-0.15, -0.1) is 22.7 Å². The number of nitrogen functional groups attached to an aromatic ring is 2. The minimum Gasteiger partial charge on any atom is -0.457 e. The molecule has 6 saturated heterocycles. The van der Waals surface area contributed by atoms with E-state index in [1.165, 1.54) is 57.3 Å². The summed E-state index contributed by atoms with van der Waals surface area (Å²) in [5.41, 5.74) is 1.43. The minimum absolute atomic E-state index is 0.000396. The second-order valence-corrected chi connectivity index (χ2v) is 38.0. The number of rotatable bonds is 19. The van der Waals surface area contributed by atoms with Crippen molar-refractivity contribution in [2.45, 2.75) is 316 Å². The van der Waals surface area contributed by atoms with Crippen LogP contribution in [-0.4, -0.2) is 283 Å². The number of hydrogen-bond acceptors (Lipinski definition) is 35. The number of likely N-dealkylation sites (N-methyl/N-ethyl adjacent to an activating group) is 2. The molecule has 4 aromatic rings. The molecule has 6 aliphatic rings. The van der Waals surface area contributed by atoms with E-state index in [1.54, 1.807) is 90.7 Å². The van der Waals surface area contributed by atoms with E-state index in [1.807, 2.05) is 77.8 Å². The number of aliphatic hydroxyl groups is 3. The highest BCUT2D eigenvalue weighted by Crippen LogP contribution is 2.45. The minimum atomic E-state index is -3.26. The number of amides is 2. The number of ketones is 2. The van der Waals surface area contributed by atoms with Crippen LogP contribution in [0.5, 0.6) is 0 Å². The van der Waals surface area contributed by atoms with Gasteiger partial charge in [0.15, 0.2) is 43.5 Å². The topological polar surface area (TPSA) is 460 Å². The van der Waals surface area contributed by atoms with Crippen molar-refractivity contribution in [3.63, 3.8) is 0 Å². The fourth-order valence-electron chi connectivity index (χ4n) is 18.1. The van der Waals surface area contributed by atoms with Crippen LogP contribution in [0, 0.1) is 35.5 Å². The van der Waals surface area contributed by atoms with Crippen LogP contribution >= 0.6 is 22.7 Å². The monoisotopic (exact) mass is 1850 g/mol. The van der Waals surface area contributed by atoms with Crippen LogP contribution in [0.25, 0.3) is 21.1 Å². The second-order valence-electron chi connectivity index (χ2n) is 36.3. The summed E-state index contributed by atoms with van der Waals surface area (Å²) in [6, 6.07) is 6.37. The number of esters is 3. The smallest absolute Gasteiger partial charge is 0.351 e. The van der Waals surface area contributed by atoms with E-state index >= 15 is 8.78 Å². The van der Waals surface area contributed by atoms with Crippen molar-refractivity contribution in [1.29, 1.82) is 0 Å². The zero-order valence-electron chi connectivity index (χ0n) is 78.3. The summed E-state index contributed by atoms with van der Waals surface area (Å²) < 4.78 is 104. The Kier molecular flexibility index (Phi) is 35.8. The predicted molar refractivity (Wildman–Crippen MR) is 477 cm³/mol. The lowest BCUT2D eigenvalue weighted by atomic mass is 9.73. The van der Waals surface area contributed by atoms with E-state index in [2.05, 4.69) is 40.2 Å². The fraction of sp³-hybridized carbons (Fsp3) is 0.700. The quantitative estimate of drug-likeness (QED) is 0.0252. The van der Waals surface area contributed by atoms with Gasteiger partial charge >= 0.3 is 17.9 Å². The molecule has 10 rings (SSSR count). The first-order valence-corrected chi connectivity index (χ1v) is 45.8. The number of ether oxygens (including phenoxy) is 11. The van der Waals surface area contributed by atoms with Crippen LogP contribution < -0.4 is 11.5 Å². The number of carbonyl (C=O) groups excluding carboxylic acids is 7. The maximum Gasteiger partial charge on any atom is 0.351 e. The lowest BCUT2D eigenvalue weighted by Gasteiger charge is -2.48. The van der Waals surface area contributed by atoms with Crippen molar-refractivity contribution in [3.05, 3.63) is 58.8 Å². The van der Waals surface area contributed by atoms with Crippen LogP contribution in [0.4, 0.5) is 20.4 Å². The van der Waals surface area contributed by atoms with Crippen molar-refractivity contribution in [1.82, 2.24) is 29.7 Å². The Morgan fingerprint density at radius 2 is 0.961 bits per heavy atom. The van der Waals surface area contributed by atoms with Crippen LogP contribution in [-0.2, 0) is 109 Å². The zero-order chi connectivity index (χ0) is 95.5. The number of nitrogens with two attached hydrogens (primary N) is 2. The van der Waals surface area contributed by atoms with Gasteiger partial charge in [-0.2, -0.15) is 0 Å². The Morgan fingerprint density at radius 3 is 1.31 bits per heavy atom. The molecule has 6 aliphatic heterocycles. The van der Waals surface area contributed by atoms with Crippen molar-refractivity contribution in [3.8, 4) is 21.1 Å². The number of hydrogen-bond donors (Lipinski definition) is 5. The molecule has 129 heavy (non-hydrogen) atoms. The summed E-state index contributed by atoms with van der Waals surface area (Å²) in [5, 5.41) is 50.4. The van der Waals surface area contributed by atoms with Gasteiger partial charge in [0.05, 0.1) is 91.7 Å². The third kappa shape index (κ3) is 25.0. The third-order valence-corrected chi connectivity index (χ3v) is 26.9. The van der Waals surface area contributed by atoms with Gasteiger partial charge in [0.1, 0.15) is 62.6 Å². The molecule has 0 radical (unpaired) electrons. The van der Waals surface area contributed by atoms with Crippen molar-refractivity contribution in [2.24, 2.45) is 55.8 Å². The van der Waals surface area contributed by atoms with E-state index in [0.717, 1.165) is 25.0 Å². The average molecular weight is 1850 g/mol. The molecular formula is C90H132F2N12O23S2. The number of alkyl halides is 2. The van der Waals surface area contributed by atoms with Gasteiger partial charge in [-0.25, -0.2) is 38.3 Å². The summed E-state index contributed by atoms with van der Waals surface area (Å²) in [7, 11) is 7.28. The Labute approximate surface area is 761 Å². The van der Waals surface area contributed by atoms with Gasteiger partial charge in [-0.1, -0.05) is 79.5 Å². The zero-order valence-corrected chi connectivity index (χ0v) is 79.9. The number of aliphatic imine (C=N–C) groups is 2. The molecule has 716 valence electrons. The van der Waals surface area contributed by atoms with Crippen molar-refractivity contribution < 1.29 is 119 Å². The number of fused-ring (bicyclic) bond motifs is 10. The Hall–Kier alpha value is -8.13. The second kappa shape index (κ2) is 44.1. The van der Waals surface area contributed by atoms with E-state index in [-0.39, 0.29) is 89.6 Å². The number of anilines is 2. The van der Waals surface area contributed by atoms with Gasteiger partial charge in [-0.05, 0) is 158 Å². The number of pyridine rings is 2. The largest absolute Gasteiger partial charge is 0.457 e. The molecule has 0 saturated carbocycles. The van der Waals surface area contributed by atoms with Crippen molar-refractivity contribution in [2.75, 3.05) is 66.1 Å². The maximum atomic E-state index is 17.1. The maximum absolute atomic E-state index is 17.1. The highest BCUT2D eigenvalue weighted by atomic mass is 32.1. The lowest BCUT2D eigenvalue weighted by Crippen LogP contribution is -2.62. The number of halogens is 2. The predicted octanol–water partition coefficient (Wildman–Crippen LogP) is 9.98. The first-order valence-electron chi connectivity index (χ1n) is 44.0. The van der Waals surface area contributed by atoms with Crippen molar-refractivity contribution >= 4 is 98.4 Å². The fourth-order valence-corrected chi connectivity index (χ4v) is 19.5. The molecule has 4 bridgehead atoms.